The Morgan fingerprint density at radius 1 is 0.938 bits per heavy atom. The molecule has 1 amide bonds. The predicted molar refractivity (Wildman–Crippen MR) is 124 cm³/mol. The number of hydrogen-bond acceptors (Lipinski definition) is 4. The van der Waals surface area contributed by atoms with E-state index in [1.165, 1.54) is 19.3 Å². The number of nitrogens with zero attached hydrogens (tertiary/aromatic N) is 1. The summed E-state index contributed by atoms with van der Waals surface area (Å²) in [5, 5.41) is 9.23. The van der Waals surface area contributed by atoms with E-state index >= 15 is 0 Å². The minimum Gasteiger partial charge on any atom is -0.459 e. The maximum atomic E-state index is 13.3. The van der Waals surface area contributed by atoms with Gasteiger partial charge in [-0.3, -0.25) is 4.79 Å². The first-order valence-corrected chi connectivity index (χ1v) is 11.8. The van der Waals surface area contributed by atoms with Gasteiger partial charge in [-0.05, 0) is 35.6 Å². The van der Waals surface area contributed by atoms with Crippen LogP contribution in [0.15, 0.2) is 66.4 Å². The lowest BCUT2D eigenvalue weighted by atomic mass is 9.93. The molecule has 0 radical (unpaired) electrons. The van der Waals surface area contributed by atoms with E-state index in [2.05, 4.69) is 12.1 Å². The van der Waals surface area contributed by atoms with Gasteiger partial charge in [-0.15, -0.1) is 0 Å². The number of aliphatic hydroxyl groups excluding tert-OH is 1. The number of allylic oxidation sites excluding steroid dienone is 1. The van der Waals surface area contributed by atoms with Crippen LogP contribution in [0.3, 0.4) is 0 Å². The summed E-state index contributed by atoms with van der Waals surface area (Å²) < 4.78 is 12.2. The second-order valence-electron chi connectivity index (χ2n) is 8.68. The maximum Gasteiger partial charge on any atom is 0.288 e. The van der Waals surface area contributed by atoms with Gasteiger partial charge in [0.25, 0.3) is 5.91 Å². The molecule has 0 aromatic heterocycles. The fourth-order valence-electron chi connectivity index (χ4n) is 4.38. The van der Waals surface area contributed by atoms with Crippen molar-refractivity contribution in [3.63, 3.8) is 0 Å². The van der Waals surface area contributed by atoms with Gasteiger partial charge in [0.15, 0.2) is 5.76 Å². The van der Waals surface area contributed by atoms with E-state index in [1.807, 2.05) is 53.4 Å². The van der Waals surface area contributed by atoms with Crippen LogP contribution >= 0.6 is 0 Å². The van der Waals surface area contributed by atoms with E-state index in [4.69, 9.17) is 9.47 Å². The van der Waals surface area contributed by atoms with E-state index in [0.717, 1.165) is 42.6 Å². The van der Waals surface area contributed by atoms with Crippen molar-refractivity contribution in [2.24, 2.45) is 0 Å². The third kappa shape index (κ3) is 5.99. The molecule has 0 unspecified atom stereocenters. The zero-order valence-corrected chi connectivity index (χ0v) is 18.6. The van der Waals surface area contributed by atoms with Crippen molar-refractivity contribution >= 4 is 5.91 Å². The molecule has 0 spiro atoms. The first-order chi connectivity index (χ1) is 15.7. The lowest BCUT2D eigenvalue weighted by Gasteiger charge is -2.32. The summed E-state index contributed by atoms with van der Waals surface area (Å²) in [4.78, 5) is 15.3. The van der Waals surface area contributed by atoms with Crippen LogP contribution in [0.2, 0.25) is 0 Å². The molecular weight excluding hydrogens is 402 g/mol. The van der Waals surface area contributed by atoms with Gasteiger partial charge < -0.3 is 19.5 Å². The molecule has 1 saturated heterocycles. The van der Waals surface area contributed by atoms with Crippen LogP contribution in [0.25, 0.3) is 0 Å². The number of ether oxygens (including phenoxy) is 2. The molecule has 0 saturated carbocycles. The van der Waals surface area contributed by atoms with Gasteiger partial charge in [0.2, 0.25) is 6.29 Å². The Morgan fingerprint density at radius 2 is 1.59 bits per heavy atom. The van der Waals surface area contributed by atoms with Crippen LogP contribution in [0.4, 0.5) is 0 Å². The number of hydrogen-bond donors (Lipinski definition) is 1. The molecule has 2 heterocycles. The van der Waals surface area contributed by atoms with Crippen LogP contribution in [0.5, 0.6) is 0 Å². The van der Waals surface area contributed by atoms with Gasteiger partial charge in [-0.25, -0.2) is 0 Å². The molecule has 32 heavy (non-hydrogen) atoms. The Kier molecular flexibility index (Phi) is 7.97. The third-order valence-electron chi connectivity index (χ3n) is 6.28. The highest BCUT2D eigenvalue weighted by atomic mass is 16.7. The molecule has 2 aliphatic rings. The molecule has 170 valence electrons. The molecular formula is C27H33NO4. The summed E-state index contributed by atoms with van der Waals surface area (Å²) in [6.07, 6.45) is 7.86. The summed E-state index contributed by atoms with van der Waals surface area (Å²) in [5.41, 5.74) is 3.04. The van der Waals surface area contributed by atoms with Crippen LogP contribution in [0, 0.1) is 0 Å². The van der Waals surface area contributed by atoms with Crippen molar-refractivity contribution < 1.29 is 19.4 Å². The molecule has 0 bridgehead atoms. The molecule has 2 aromatic rings. The number of carbonyl (C=O) groups is 1. The minimum atomic E-state index is -0.489. The van der Waals surface area contributed by atoms with Crippen LogP contribution in [-0.4, -0.2) is 35.3 Å². The number of amides is 1. The number of aliphatic hydroxyl groups is 1. The predicted octanol–water partition coefficient (Wildman–Crippen LogP) is 4.90. The highest BCUT2D eigenvalue weighted by molar-refractivity contribution is 5.91. The molecule has 1 N–H and O–H groups in total. The summed E-state index contributed by atoms with van der Waals surface area (Å²) in [6.45, 7) is 2.00. The van der Waals surface area contributed by atoms with Crippen molar-refractivity contribution in [2.45, 2.75) is 63.9 Å². The quantitative estimate of drug-likeness (QED) is 0.701. The lowest BCUT2D eigenvalue weighted by molar-refractivity contribution is -0.156. The number of benzene rings is 2. The molecule has 4 rings (SSSR count). The topological polar surface area (TPSA) is 59.0 Å². The molecule has 2 aromatic carbocycles. The minimum absolute atomic E-state index is 0.0200. The second-order valence-corrected chi connectivity index (χ2v) is 8.68. The fraction of sp³-hybridized carbons (Fsp3) is 0.444. The monoisotopic (exact) mass is 435 g/mol. The Balaban J connectivity index is 1.48. The largest absolute Gasteiger partial charge is 0.459 e. The summed E-state index contributed by atoms with van der Waals surface area (Å²) >= 11 is 0. The number of rotatable bonds is 6. The third-order valence-corrected chi connectivity index (χ3v) is 6.28. The van der Waals surface area contributed by atoms with Crippen LogP contribution in [-0.2, 0) is 27.5 Å². The second kappa shape index (κ2) is 11.3. The van der Waals surface area contributed by atoms with Gasteiger partial charge in [0.1, 0.15) is 0 Å². The van der Waals surface area contributed by atoms with Gasteiger partial charge in [0, 0.05) is 25.4 Å². The van der Waals surface area contributed by atoms with E-state index in [1.54, 1.807) is 0 Å². The van der Waals surface area contributed by atoms with Gasteiger partial charge in [0.05, 0.1) is 13.2 Å². The average Bonchev–Trinajstić information content (AvgIpc) is 2.83. The fourth-order valence-corrected chi connectivity index (χ4v) is 4.38. The van der Waals surface area contributed by atoms with E-state index in [-0.39, 0.29) is 18.4 Å². The van der Waals surface area contributed by atoms with E-state index in [0.29, 0.717) is 18.8 Å². The molecule has 5 nitrogen and oxygen atoms in total. The van der Waals surface area contributed by atoms with Gasteiger partial charge in [-0.2, -0.15) is 0 Å². The normalized spacial score (nSPS) is 21.8. The molecule has 1 fully saturated rings. The SMILES string of the molecule is O=C(C1=C[C@H](c2ccccc2)C[C@H](OCc2ccc(CO)cc2)O1)N1CCCCCCC1. The highest BCUT2D eigenvalue weighted by Gasteiger charge is 2.31. The number of carbonyl (C=O) groups excluding carboxylic acids is 1. The van der Waals surface area contributed by atoms with Crippen molar-refractivity contribution in [1.82, 2.24) is 4.90 Å². The molecule has 2 atom stereocenters. The molecule has 5 heteroatoms. The van der Waals surface area contributed by atoms with Crippen molar-refractivity contribution in [2.75, 3.05) is 13.1 Å². The van der Waals surface area contributed by atoms with Gasteiger partial charge in [-0.1, -0.05) is 73.9 Å². The summed E-state index contributed by atoms with van der Waals surface area (Å²) in [6, 6.07) is 17.9. The van der Waals surface area contributed by atoms with Crippen molar-refractivity contribution in [3.05, 3.63) is 83.1 Å². The van der Waals surface area contributed by atoms with Crippen molar-refractivity contribution in [1.29, 1.82) is 0 Å². The summed E-state index contributed by atoms with van der Waals surface area (Å²) in [5.74, 6) is 0.458. The van der Waals surface area contributed by atoms with Crippen molar-refractivity contribution in [3.8, 4) is 0 Å². The molecule has 0 aliphatic carbocycles. The zero-order chi connectivity index (χ0) is 22.2. The first kappa shape index (κ1) is 22.6. The molecule has 2 aliphatic heterocycles. The Labute approximate surface area is 190 Å². The highest BCUT2D eigenvalue weighted by Crippen LogP contribution is 2.32. The Bertz CT molecular complexity index is 886. The lowest BCUT2D eigenvalue weighted by Crippen LogP contribution is -2.38. The van der Waals surface area contributed by atoms with Crippen LogP contribution in [0.1, 0.15) is 61.1 Å². The smallest absolute Gasteiger partial charge is 0.288 e. The van der Waals surface area contributed by atoms with E-state index < -0.39 is 6.29 Å². The standard InChI is InChI=1S/C27H33NO4/c29-19-21-11-13-22(14-12-21)20-31-26-18-24(23-9-5-4-6-10-23)17-25(32-26)27(30)28-15-7-2-1-3-8-16-28/h4-6,9-14,17,24,26,29H,1-3,7-8,15-16,18-20H2/t24-,26+/m0/s1. The number of likely N-dealkylation sites (tertiary alicyclic amines) is 1. The zero-order valence-electron chi connectivity index (χ0n) is 18.6. The van der Waals surface area contributed by atoms with Gasteiger partial charge >= 0.3 is 0 Å². The maximum absolute atomic E-state index is 13.3. The van der Waals surface area contributed by atoms with Crippen LogP contribution < -0.4 is 0 Å². The first-order valence-electron chi connectivity index (χ1n) is 11.8. The summed E-state index contributed by atoms with van der Waals surface area (Å²) in [7, 11) is 0. The average molecular weight is 436 g/mol. The van der Waals surface area contributed by atoms with E-state index in [9.17, 15) is 9.90 Å². The Morgan fingerprint density at radius 3 is 2.28 bits per heavy atom. The Hall–Kier alpha value is -2.63.